The van der Waals surface area contributed by atoms with Crippen molar-refractivity contribution in [1.82, 2.24) is 14.3 Å². The van der Waals surface area contributed by atoms with Gasteiger partial charge in [-0.2, -0.15) is 4.37 Å². The highest BCUT2D eigenvalue weighted by Crippen LogP contribution is 2.30. The number of carbonyl (C=O) groups is 1. The summed E-state index contributed by atoms with van der Waals surface area (Å²) in [5.41, 5.74) is 2.53. The molecule has 1 aromatic heterocycles. The van der Waals surface area contributed by atoms with Gasteiger partial charge in [0.1, 0.15) is 11.9 Å². The number of nitrogens with zero attached hydrogens (tertiary/aromatic N) is 4. The van der Waals surface area contributed by atoms with Crippen LogP contribution in [0.2, 0.25) is 5.02 Å². The minimum Gasteiger partial charge on any atom is -0.341 e. The normalized spacial score (nSPS) is 19.2. The third-order valence-corrected chi connectivity index (χ3v) is 7.85. The molecule has 0 spiro atoms. The Morgan fingerprint density at radius 1 is 0.970 bits per heavy atom. The van der Waals surface area contributed by atoms with Gasteiger partial charge in [0.25, 0.3) is 0 Å². The smallest absolute Gasteiger partial charge is 0.245 e. The molecule has 3 aromatic rings. The number of likely N-dealkylation sites (tertiary alicyclic amines) is 1. The molecular weight excluding hydrogens is 452 g/mol. The number of hydrogen-bond donors (Lipinski definition) is 0. The van der Waals surface area contributed by atoms with Gasteiger partial charge >= 0.3 is 0 Å². The lowest BCUT2D eigenvalue weighted by atomic mass is 9.90. The zero-order chi connectivity index (χ0) is 22.6. The van der Waals surface area contributed by atoms with Gasteiger partial charge in [0.05, 0.1) is 0 Å². The maximum absolute atomic E-state index is 13.4. The molecule has 172 valence electrons. The molecule has 2 aliphatic rings. The summed E-state index contributed by atoms with van der Waals surface area (Å²) in [6, 6.07) is 18.4. The van der Waals surface area contributed by atoms with Crippen LogP contribution >= 0.6 is 23.1 Å². The van der Waals surface area contributed by atoms with Crippen molar-refractivity contribution in [3.63, 3.8) is 0 Å². The first kappa shape index (κ1) is 22.4. The largest absolute Gasteiger partial charge is 0.341 e. The summed E-state index contributed by atoms with van der Waals surface area (Å²) in [5.74, 6) is 1.73. The highest BCUT2D eigenvalue weighted by molar-refractivity contribution is 7.09. The van der Waals surface area contributed by atoms with Crippen molar-refractivity contribution in [3.8, 4) is 0 Å². The fraction of sp³-hybridized carbons (Fsp3) is 0.423. The monoisotopic (exact) mass is 480 g/mol. The van der Waals surface area contributed by atoms with Crippen molar-refractivity contribution < 1.29 is 4.79 Å². The summed E-state index contributed by atoms with van der Waals surface area (Å²) in [6.45, 7) is 2.59. The third kappa shape index (κ3) is 5.39. The highest BCUT2D eigenvalue weighted by Gasteiger charge is 2.36. The van der Waals surface area contributed by atoms with E-state index in [1.165, 1.54) is 17.1 Å². The van der Waals surface area contributed by atoms with Crippen LogP contribution in [-0.2, 0) is 17.6 Å². The summed E-state index contributed by atoms with van der Waals surface area (Å²) in [6.07, 6.45) is 5.87. The Hall–Kier alpha value is -2.44. The molecule has 7 heteroatoms. The second kappa shape index (κ2) is 10.2. The first-order chi connectivity index (χ1) is 16.2. The van der Waals surface area contributed by atoms with Crippen LogP contribution in [0.1, 0.15) is 42.6 Å². The highest BCUT2D eigenvalue weighted by atomic mass is 35.5. The van der Waals surface area contributed by atoms with Gasteiger partial charge in [-0.15, -0.1) is 0 Å². The fourth-order valence-electron chi connectivity index (χ4n) is 4.99. The van der Waals surface area contributed by atoms with E-state index in [0.717, 1.165) is 73.3 Å². The number of amides is 1. The lowest BCUT2D eigenvalue weighted by Gasteiger charge is -2.35. The molecule has 5 rings (SSSR count). The van der Waals surface area contributed by atoms with E-state index in [4.69, 9.17) is 16.6 Å². The molecule has 0 N–H and O–H groups in total. The van der Waals surface area contributed by atoms with Crippen LogP contribution in [-0.4, -0.2) is 45.8 Å². The van der Waals surface area contributed by atoms with E-state index in [-0.39, 0.29) is 11.9 Å². The van der Waals surface area contributed by atoms with Gasteiger partial charge < -0.3 is 9.80 Å². The maximum Gasteiger partial charge on any atom is 0.245 e. The van der Waals surface area contributed by atoms with Crippen LogP contribution in [0.25, 0.3) is 0 Å². The quantitative estimate of drug-likeness (QED) is 0.484. The van der Waals surface area contributed by atoms with E-state index in [9.17, 15) is 4.79 Å². The van der Waals surface area contributed by atoms with Gasteiger partial charge in [0.15, 0.2) is 0 Å². The molecule has 2 aromatic carbocycles. The number of halogens is 1. The van der Waals surface area contributed by atoms with Gasteiger partial charge in [0.2, 0.25) is 11.0 Å². The molecule has 1 amide bonds. The molecule has 1 unspecified atom stereocenters. The number of piperidine rings is 1. The van der Waals surface area contributed by atoms with Gasteiger partial charge in [0, 0.05) is 42.6 Å². The number of hydrogen-bond acceptors (Lipinski definition) is 5. The average Bonchev–Trinajstić information content (AvgIpc) is 3.51. The zero-order valence-electron chi connectivity index (χ0n) is 18.7. The summed E-state index contributed by atoms with van der Waals surface area (Å²) in [4.78, 5) is 22.4. The fourth-order valence-corrected chi connectivity index (χ4v) is 5.87. The van der Waals surface area contributed by atoms with Crippen molar-refractivity contribution in [3.05, 3.63) is 76.6 Å². The van der Waals surface area contributed by atoms with Crippen LogP contribution in [0.5, 0.6) is 0 Å². The molecular formula is C26H29ClN4OS. The predicted octanol–water partition coefficient (Wildman–Crippen LogP) is 5.23. The zero-order valence-corrected chi connectivity index (χ0v) is 20.3. The molecule has 1 atom stereocenters. The first-order valence-electron chi connectivity index (χ1n) is 11.8. The molecule has 3 heterocycles. The van der Waals surface area contributed by atoms with Crippen LogP contribution in [0.3, 0.4) is 0 Å². The molecule has 0 aliphatic carbocycles. The first-order valence-corrected chi connectivity index (χ1v) is 13.0. The summed E-state index contributed by atoms with van der Waals surface area (Å²) in [7, 11) is 0. The Morgan fingerprint density at radius 2 is 1.73 bits per heavy atom. The third-order valence-electron chi connectivity index (χ3n) is 6.81. The lowest BCUT2D eigenvalue weighted by Crippen LogP contribution is -2.48. The van der Waals surface area contributed by atoms with E-state index in [0.29, 0.717) is 12.3 Å². The molecule has 2 fully saturated rings. The summed E-state index contributed by atoms with van der Waals surface area (Å²) in [5, 5.41) is 1.60. The van der Waals surface area contributed by atoms with Crippen molar-refractivity contribution in [2.45, 2.75) is 44.6 Å². The van der Waals surface area contributed by atoms with Gasteiger partial charge in [-0.3, -0.25) is 4.79 Å². The predicted molar refractivity (Wildman–Crippen MR) is 134 cm³/mol. The van der Waals surface area contributed by atoms with Crippen LogP contribution in [0, 0.1) is 5.92 Å². The second-order valence-electron chi connectivity index (χ2n) is 9.11. The second-order valence-corrected chi connectivity index (χ2v) is 10.3. The van der Waals surface area contributed by atoms with E-state index in [1.807, 2.05) is 24.3 Å². The number of anilines is 1. The summed E-state index contributed by atoms with van der Waals surface area (Å²) >= 11 is 7.39. The topological polar surface area (TPSA) is 49.3 Å². The molecule has 2 saturated heterocycles. The van der Waals surface area contributed by atoms with Crippen molar-refractivity contribution in [2.24, 2.45) is 5.92 Å². The number of aromatic nitrogens is 2. The minimum atomic E-state index is -0.105. The Morgan fingerprint density at radius 3 is 2.48 bits per heavy atom. The number of carbonyl (C=O) groups excluding carboxylic acids is 1. The molecule has 5 nitrogen and oxygen atoms in total. The molecule has 0 saturated carbocycles. The van der Waals surface area contributed by atoms with E-state index in [1.54, 1.807) is 0 Å². The van der Waals surface area contributed by atoms with Crippen LogP contribution in [0.15, 0.2) is 54.6 Å². The van der Waals surface area contributed by atoms with Gasteiger partial charge in [-0.25, -0.2) is 4.98 Å². The van der Waals surface area contributed by atoms with Crippen LogP contribution in [0.4, 0.5) is 5.13 Å². The van der Waals surface area contributed by atoms with E-state index in [2.05, 4.69) is 44.5 Å². The molecule has 0 bridgehead atoms. The summed E-state index contributed by atoms with van der Waals surface area (Å²) < 4.78 is 4.57. The van der Waals surface area contributed by atoms with E-state index >= 15 is 0 Å². The van der Waals surface area contributed by atoms with Crippen LogP contribution < -0.4 is 4.90 Å². The Kier molecular flexibility index (Phi) is 6.93. The standard InChI is InChI=1S/C26H29ClN4OS/c27-22-10-8-20(9-11-22)18-24-28-26(33-29-24)31-14-4-7-23(31)25(32)30-15-12-21(13-16-30)17-19-5-2-1-3-6-19/h1-3,5-6,8-11,21,23H,4,7,12-18H2. The van der Waals surface area contributed by atoms with Gasteiger partial charge in [-0.1, -0.05) is 54.1 Å². The van der Waals surface area contributed by atoms with Crippen molar-refractivity contribution in [1.29, 1.82) is 0 Å². The Labute approximate surface area is 204 Å². The van der Waals surface area contributed by atoms with Gasteiger partial charge in [-0.05, 0) is 61.3 Å². The molecule has 2 aliphatic heterocycles. The SMILES string of the molecule is O=C(C1CCCN1c1nc(Cc2ccc(Cl)cc2)ns1)N1CCC(Cc2ccccc2)CC1. The van der Waals surface area contributed by atoms with E-state index < -0.39 is 0 Å². The number of rotatable bonds is 6. The van der Waals surface area contributed by atoms with Crippen molar-refractivity contribution >= 4 is 34.2 Å². The lowest BCUT2D eigenvalue weighted by molar-refractivity contribution is -0.133. The number of benzene rings is 2. The minimum absolute atomic E-state index is 0.105. The van der Waals surface area contributed by atoms with Crippen molar-refractivity contribution in [2.75, 3.05) is 24.5 Å². The average molecular weight is 481 g/mol. The maximum atomic E-state index is 13.4. The molecule has 33 heavy (non-hydrogen) atoms. The Balaban J connectivity index is 1.18. The Bertz CT molecular complexity index is 1060. The molecule has 0 radical (unpaired) electrons.